The van der Waals surface area contributed by atoms with E-state index >= 15 is 0 Å². The van der Waals surface area contributed by atoms with E-state index in [1.807, 2.05) is 13.8 Å². The van der Waals surface area contributed by atoms with Crippen molar-refractivity contribution in [1.29, 1.82) is 0 Å². The standard InChI is InChI=1S/C22H15FN2O3S/c1-11-12(2)29-22(24-11)25-18(13-7-9-14(23)10-8-13)17-19(26)15-5-3-4-6-16(15)28-20(17)21(25)27/h3-10,18H,1-2H3/t18-/m1/s1. The number of benzene rings is 2. The first kappa shape index (κ1) is 17.8. The zero-order valence-corrected chi connectivity index (χ0v) is 16.4. The summed E-state index contributed by atoms with van der Waals surface area (Å²) in [7, 11) is 0. The number of hydrogen-bond acceptors (Lipinski definition) is 5. The van der Waals surface area contributed by atoms with Crippen molar-refractivity contribution in [3.8, 4) is 0 Å². The lowest BCUT2D eigenvalue weighted by atomic mass is 9.99. The van der Waals surface area contributed by atoms with Crippen LogP contribution in [0.1, 0.15) is 38.3 Å². The summed E-state index contributed by atoms with van der Waals surface area (Å²) in [4.78, 5) is 33.7. The van der Waals surface area contributed by atoms with Crippen molar-refractivity contribution in [2.24, 2.45) is 0 Å². The number of aromatic nitrogens is 1. The number of hydrogen-bond donors (Lipinski definition) is 0. The number of fused-ring (bicyclic) bond motifs is 2. The lowest BCUT2D eigenvalue weighted by molar-refractivity contribution is 0.0971. The van der Waals surface area contributed by atoms with Crippen LogP contribution in [-0.2, 0) is 0 Å². The van der Waals surface area contributed by atoms with Crippen LogP contribution >= 0.6 is 11.3 Å². The van der Waals surface area contributed by atoms with Gasteiger partial charge in [-0.2, -0.15) is 0 Å². The summed E-state index contributed by atoms with van der Waals surface area (Å²) < 4.78 is 19.4. The van der Waals surface area contributed by atoms with Crippen molar-refractivity contribution < 1.29 is 13.6 Å². The maximum Gasteiger partial charge on any atom is 0.297 e. The smallest absolute Gasteiger partial charge is 0.297 e. The van der Waals surface area contributed by atoms with Gasteiger partial charge in [0.15, 0.2) is 10.6 Å². The summed E-state index contributed by atoms with van der Waals surface area (Å²) >= 11 is 1.37. The van der Waals surface area contributed by atoms with Gasteiger partial charge in [-0.3, -0.25) is 14.5 Å². The molecule has 0 aliphatic carbocycles. The van der Waals surface area contributed by atoms with Crippen LogP contribution in [0.15, 0.2) is 57.7 Å². The van der Waals surface area contributed by atoms with Crippen LogP contribution in [0.4, 0.5) is 9.52 Å². The van der Waals surface area contributed by atoms with Crippen molar-refractivity contribution in [1.82, 2.24) is 4.98 Å². The summed E-state index contributed by atoms with van der Waals surface area (Å²) in [5.74, 6) is -0.809. The molecule has 1 amide bonds. The van der Waals surface area contributed by atoms with E-state index < -0.39 is 17.8 Å². The molecule has 7 heteroatoms. The number of carbonyl (C=O) groups excluding carboxylic acids is 1. The molecule has 0 unspecified atom stereocenters. The second-order valence-electron chi connectivity index (χ2n) is 6.94. The van der Waals surface area contributed by atoms with E-state index in [0.717, 1.165) is 10.6 Å². The highest BCUT2D eigenvalue weighted by atomic mass is 32.1. The Morgan fingerprint density at radius 1 is 1.07 bits per heavy atom. The van der Waals surface area contributed by atoms with Gasteiger partial charge in [-0.1, -0.05) is 24.3 Å². The van der Waals surface area contributed by atoms with Gasteiger partial charge in [0.25, 0.3) is 5.91 Å². The molecule has 0 N–H and O–H groups in total. The summed E-state index contributed by atoms with van der Waals surface area (Å²) in [5, 5.41) is 0.883. The maximum atomic E-state index is 13.5. The van der Waals surface area contributed by atoms with Gasteiger partial charge in [-0.25, -0.2) is 9.37 Å². The van der Waals surface area contributed by atoms with Crippen LogP contribution in [0.25, 0.3) is 11.0 Å². The number of rotatable bonds is 2. The maximum absolute atomic E-state index is 13.5. The van der Waals surface area contributed by atoms with Crippen molar-refractivity contribution in [2.75, 3.05) is 4.90 Å². The van der Waals surface area contributed by atoms with Crippen molar-refractivity contribution in [3.63, 3.8) is 0 Å². The average Bonchev–Trinajstić information content (AvgIpc) is 3.19. The number of aryl methyl sites for hydroxylation is 2. The van der Waals surface area contributed by atoms with Crippen LogP contribution in [0, 0.1) is 19.7 Å². The lowest BCUT2D eigenvalue weighted by Crippen LogP contribution is -2.29. The highest BCUT2D eigenvalue weighted by Gasteiger charge is 2.45. The molecule has 1 aliphatic rings. The quantitative estimate of drug-likeness (QED) is 0.482. The molecule has 3 heterocycles. The SMILES string of the molecule is Cc1nc(N2C(=O)c3oc4ccccc4c(=O)c3[C@H]2c2ccc(F)cc2)sc1C. The number of carbonyl (C=O) groups is 1. The fraction of sp³-hybridized carbons (Fsp3) is 0.136. The highest BCUT2D eigenvalue weighted by molar-refractivity contribution is 7.15. The molecule has 0 saturated carbocycles. The number of halogens is 1. The van der Waals surface area contributed by atoms with E-state index in [2.05, 4.69) is 4.98 Å². The van der Waals surface area contributed by atoms with Crippen LogP contribution in [0.3, 0.4) is 0 Å². The summed E-state index contributed by atoms with van der Waals surface area (Å²) in [6, 6.07) is 11.9. The van der Waals surface area contributed by atoms with Crippen molar-refractivity contribution in [2.45, 2.75) is 19.9 Å². The molecule has 2 aromatic heterocycles. The van der Waals surface area contributed by atoms with Gasteiger partial charge >= 0.3 is 0 Å². The first-order valence-corrected chi connectivity index (χ1v) is 9.86. The Morgan fingerprint density at radius 3 is 2.48 bits per heavy atom. The Balaban J connectivity index is 1.82. The second kappa shape index (κ2) is 6.35. The van der Waals surface area contributed by atoms with Gasteiger partial charge in [0.2, 0.25) is 5.76 Å². The summed E-state index contributed by atoms with van der Waals surface area (Å²) in [6.07, 6.45) is 0. The molecule has 2 aromatic carbocycles. The lowest BCUT2D eigenvalue weighted by Gasteiger charge is -2.22. The van der Waals surface area contributed by atoms with Gasteiger partial charge in [-0.15, -0.1) is 11.3 Å². The third-order valence-corrected chi connectivity index (χ3v) is 6.26. The molecule has 4 aromatic rings. The van der Waals surface area contributed by atoms with Gasteiger partial charge in [0, 0.05) is 4.88 Å². The van der Waals surface area contributed by atoms with Crippen LogP contribution < -0.4 is 10.3 Å². The molecule has 1 atom stereocenters. The van der Waals surface area contributed by atoms with Gasteiger partial charge in [0.05, 0.1) is 22.7 Å². The third-order valence-electron chi connectivity index (χ3n) is 5.19. The molecule has 5 nitrogen and oxygen atoms in total. The predicted molar refractivity (Wildman–Crippen MR) is 109 cm³/mol. The molecule has 29 heavy (non-hydrogen) atoms. The molecule has 5 rings (SSSR count). The van der Waals surface area contributed by atoms with E-state index in [4.69, 9.17) is 4.42 Å². The van der Waals surface area contributed by atoms with Crippen molar-refractivity contribution >= 4 is 33.3 Å². The van der Waals surface area contributed by atoms with Crippen molar-refractivity contribution in [3.05, 3.63) is 92.0 Å². The largest absolute Gasteiger partial charge is 0.450 e. The fourth-order valence-electron chi connectivity index (χ4n) is 3.64. The fourth-order valence-corrected chi connectivity index (χ4v) is 4.57. The summed E-state index contributed by atoms with van der Waals surface area (Å²) in [5.41, 5.74) is 1.78. The minimum Gasteiger partial charge on any atom is -0.450 e. The second-order valence-corrected chi connectivity index (χ2v) is 8.12. The third kappa shape index (κ3) is 2.61. The molecule has 0 radical (unpaired) electrons. The molecule has 0 saturated heterocycles. The molecular weight excluding hydrogens is 391 g/mol. The minimum absolute atomic E-state index is 0.00790. The van der Waals surface area contributed by atoms with E-state index in [1.165, 1.54) is 28.4 Å². The molecule has 0 bridgehead atoms. The number of nitrogens with zero attached hydrogens (tertiary/aromatic N) is 2. The molecule has 0 spiro atoms. The Morgan fingerprint density at radius 2 is 1.79 bits per heavy atom. The van der Waals surface area contributed by atoms with Crippen LogP contribution in [0.5, 0.6) is 0 Å². The summed E-state index contributed by atoms with van der Waals surface area (Å²) in [6.45, 7) is 3.79. The van der Waals surface area contributed by atoms with Crippen LogP contribution in [-0.4, -0.2) is 10.9 Å². The van der Waals surface area contributed by atoms with E-state index in [0.29, 0.717) is 21.7 Å². The normalized spacial score (nSPS) is 15.9. The number of amides is 1. The zero-order valence-electron chi connectivity index (χ0n) is 15.6. The topological polar surface area (TPSA) is 63.4 Å². The van der Waals surface area contributed by atoms with E-state index in [1.54, 1.807) is 36.4 Å². The molecular formula is C22H15FN2O3S. The number of thiazole rings is 1. The molecule has 1 aliphatic heterocycles. The van der Waals surface area contributed by atoms with Gasteiger partial charge in [0.1, 0.15) is 11.4 Å². The monoisotopic (exact) mass is 406 g/mol. The van der Waals surface area contributed by atoms with Gasteiger partial charge < -0.3 is 4.42 Å². The predicted octanol–water partition coefficient (Wildman–Crippen LogP) is 4.76. The number of anilines is 1. The Labute approximate surface area is 169 Å². The average molecular weight is 406 g/mol. The highest BCUT2D eigenvalue weighted by Crippen LogP contribution is 2.42. The Kier molecular flexibility index (Phi) is 3.89. The van der Waals surface area contributed by atoms with E-state index in [9.17, 15) is 14.0 Å². The number of para-hydroxylation sites is 1. The zero-order chi connectivity index (χ0) is 20.3. The van der Waals surface area contributed by atoms with Crippen LogP contribution in [0.2, 0.25) is 0 Å². The Bertz CT molecular complexity index is 1320. The first-order valence-electron chi connectivity index (χ1n) is 9.04. The molecule has 0 fully saturated rings. The first-order chi connectivity index (χ1) is 14.0. The Hall–Kier alpha value is -3.32. The minimum atomic E-state index is -0.732. The van der Waals surface area contributed by atoms with E-state index in [-0.39, 0.29) is 16.8 Å². The molecule has 144 valence electrons. The van der Waals surface area contributed by atoms with Gasteiger partial charge in [-0.05, 0) is 43.7 Å².